The maximum atomic E-state index is 5.37. The van der Waals surface area contributed by atoms with Crippen molar-refractivity contribution in [1.29, 1.82) is 0 Å². The molecule has 14 heavy (non-hydrogen) atoms. The lowest BCUT2D eigenvalue weighted by molar-refractivity contribution is 0.450. The topological polar surface area (TPSA) is 52.1 Å². The number of fused-ring (bicyclic) bond motifs is 2. The van der Waals surface area contributed by atoms with Gasteiger partial charge in [-0.1, -0.05) is 5.16 Å². The van der Waals surface area contributed by atoms with Crippen LogP contribution in [0.5, 0.6) is 0 Å². The van der Waals surface area contributed by atoms with Gasteiger partial charge in [-0.3, -0.25) is 0 Å². The SMILES string of the molecule is Cc1noc2cc3oc(I)nc3cc12. The highest BCUT2D eigenvalue weighted by atomic mass is 127. The summed E-state index contributed by atoms with van der Waals surface area (Å²) in [6, 6.07) is 3.75. The predicted octanol–water partition coefficient (Wildman–Crippen LogP) is 2.88. The van der Waals surface area contributed by atoms with E-state index < -0.39 is 0 Å². The Morgan fingerprint density at radius 3 is 3.00 bits per heavy atom. The molecule has 0 unspecified atom stereocenters. The van der Waals surface area contributed by atoms with Crippen LogP contribution in [0.25, 0.3) is 22.1 Å². The zero-order valence-electron chi connectivity index (χ0n) is 7.24. The van der Waals surface area contributed by atoms with Crippen LogP contribution in [0.2, 0.25) is 0 Å². The molecule has 4 nitrogen and oxygen atoms in total. The van der Waals surface area contributed by atoms with Gasteiger partial charge in [-0.2, -0.15) is 0 Å². The predicted molar refractivity (Wildman–Crippen MR) is 59.0 cm³/mol. The average molecular weight is 300 g/mol. The minimum atomic E-state index is 0.635. The van der Waals surface area contributed by atoms with Crippen molar-refractivity contribution >= 4 is 44.7 Å². The van der Waals surface area contributed by atoms with Gasteiger partial charge in [0.05, 0.1) is 5.69 Å². The van der Waals surface area contributed by atoms with E-state index in [1.807, 2.05) is 41.6 Å². The largest absolute Gasteiger partial charge is 0.432 e. The molecule has 3 aromatic rings. The van der Waals surface area contributed by atoms with Crippen LogP contribution in [0.4, 0.5) is 0 Å². The first-order chi connectivity index (χ1) is 6.74. The summed E-state index contributed by atoms with van der Waals surface area (Å²) in [5.74, 6) is 0. The number of aromatic nitrogens is 2. The van der Waals surface area contributed by atoms with Crippen molar-refractivity contribution in [2.45, 2.75) is 6.92 Å². The van der Waals surface area contributed by atoms with E-state index in [0.29, 0.717) is 3.90 Å². The number of nitrogens with zero attached hydrogens (tertiary/aromatic N) is 2. The van der Waals surface area contributed by atoms with Crippen LogP contribution in [-0.4, -0.2) is 10.1 Å². The second-order valence-electron chi connectivity index (χ2n) is 3.05. The van der Waals surface area contributed by atoms with Gasteiger partial charge in [-0.05, 0) is 13.0 Å². The highest BCUT2D eigenvalue weighted by Crippen LogP contribution is 2.25. The second-order valence-corrected chi connectivity index (χ2v) is 3.97. The van der Waals surface area contributed by atoms with Crippen molar-refractivity contribution in [1.82, 2.24) is 10.1 Å². The number of hydrogen-bond acceptors (Lipinski definition) is 4. The van der Waals surface area contributed by atoms with Crippen molar-refractivity contribution in [3.8, 4) is 0 Å². The molecule has 0 N–H and O–H groups in total. The fraction of sp³-hybridized carbons (Fsp3) is 0.111. The monoisotopic (exact) mass is 300 g/mol. The van der Waals surface area contributed by atoms with Gasteiger partial charge in [0, 0.05) is 34.0 Å². The summed E-state index contributed by atoms with van der Waals surface area (Å²) < 4.78 is 11.1. The Balaban J connectivity index is 2.52. The average Bonchev–Trinajstić information content (AvgIpc) is 2.66. The molecule has 3 rings (SSSR count). The minimum absolute atomic E-state index is 0.635. The zero-order chi connectivity index (χ0) is 9.71. The second kappa shape index (κ2) is 2.69. The molecule has 0 saturated carbocycles. The first-order valence-corrected chi connectivity index (χ1v) is 5.14. The Morgan fingerprint density at radius 1 is 1.29 bits per heavy atom. The molecule has 0 aliphatic rings. The van der Waals surface area contributed by atoms with Crippen LogP contribution >= 0.6 is 22.6 Å². The van der Waals surface area contributed by atoms with Crippen molar-refractivity contribution in [2.24, 2.45) is 0 Å². The number of rotatable bonds is 0. The lowest BCUT2D eigenvalue weighted by Gasteiger charge is -1.86. The third-order valence-corrected chi connectivity index (χ3v) is 2.60. The number of benzene rings is 1. The van der Waals surface area contributed by atoms with Crippen molar-refractivity contribution < 1.29 is 8.94 Å². The van der Waals surface area contributed by atoms with E-state index in [1.54, 1.807) is 0 Å². The van der Waals surface area contributed by atoms with Gasteiger partial charge < -0.3 is 8.94 Å². The Bertz CT molecular complexity index is 625. The molecular formula is C9H5IN2O2. The fourth-order valence-corrected chi connectivity index (χ4v) is 1.95. The summed E-state index contributed by atoms with van der Waals surface area (Å²) in [6.45, 7) is 1.91. The smallest absolute Gasteiger partial charge is 0.258 e. The van der Waals surface area contributed by atoms with Gasteiger partial charge in [0.25, 0.3) is 3.90 Å². The molecule has 0 amide bonds. The Kier molecular flexibility index (Phi) is 1.58. The van der Waals surface area contributed by atoms with Gasteiger partial charge in [-0.25, -0.2) is 4.98 Å². The highest BCUT2D eigenvalue weighted by molar-refractivity contribution is 14.1. The number of aryl methyl sites for hydroxylation is 1. The Morgan fingerprint density at radius 2 is 2.14 bits per heavy atom. The number of oxazole rings is 1. The molecule has 0 radical (unpaired) electrons. The van der Waals surface area contributed by atoms with E-state index in [0.717, 1.165) is 27.8 Å². The maximum absolute atomic E-state index is 5.37. The van der Waals surface area contributed by atoms with Gasteiger partial charge in [-0.15, -0.1) is 0 Å². The molecule has 0 spiro atoms. The summed E-state index contributed by atoms with van der Waals surface area (Å²) in [4.78, 5) is 4.23. The molecule has 2 heterocycles. The van der Waals surface area contributed by atoms with Crippen LogP contribution in [0.1, 0.15) is 5.69 Å². The quantitative estimate of drug-likeness (QED) is 0.599. The summed E-state index contributed by atoms with van der Waals surface area (Å²) in [6.07, 6.45) is 0. The minimum Gasteiger partial charge on any atom is -0.432 e. The molecule has 1 aromatic carbocycles. The van der Waals surface area contributed by atoms with Gasteiger partial charge >= 0.3 is 0 Å². The standard InChI is InChI=1S/C9H5IN2O2/c1-4-5-2-6-8(13-9(10)11-6)3-7(5)14-12-4/h2-3H,1H3. The Hall–Kier alpha value is -1.11. The van der Waals surface area contributed by atoms with Crippen LogP contribution in [0.15, 0.2) is 21.1 Å². The lowest BCUT2D eigenvalue weighted by atomic mass is 10.2. The summed E-state index contributed by atoms with van der Waals surface area (Å²) >= 11 is 2.04. The first-order valence-electron chi connectivity index (χ1n) is 4.06. The summed E-state index contributed by atoms with van der Waals surface area (Å²) in [5, 5.41) is 4.86. The molecule has 5 heteroatoms. The van der Waals surface area contributed by atoms with E-state index in [-0.39, 0.29) is 0 Å². The van der Waals surface area contributed by atoms with E-state index in [4.69, 9.17) is 8.94 Å². The van der Waals surface area contributed by atoms with Crippen molar-refractivity contribution in [2.75, 3.05) is 0 Å². The van der Waals surface area contributed by atoms with Crippen molar-refractivity contribution in [3.63, 3.8) is 0 Å². The normalized spacial score (nSPS) is 11.6. The molecule has 0 aliphatic carbocycles. The molecule has 0 atom stereocenters. The number of hydrogen-bond donors (Lipinski definition) is 0. The summed E-state index contributed by atoms with van der Waals surface area (Å²) in [5.41, 5.74) is 3.19. The third kappa shape index (κ3) is 1.05. The van der Waals surface area contributed by atoms with Crippen LogP contribution in [-0.2, 0) is 0 Å². The van der Waals surface area contributed by atoms with Crippen LogP contribution in [0, 0.1) is 10.8 Å². The number of halogens is 1. The van der Waals surface area contributed by atoms with Crippen molar-refractivity contribution in [3.05, 3.63) is 21.7 Å². The van der Waals surface area contributed by atoms with Gasteiger partial charge in [0.15, 0.2) is 11.2 Å². The van der Waals surface area contributed by atoms with Crippen LogP contribution < -0.4 is 0 Å². The highest BCUT2D eigenvalue weighted by Gasteiger charge is 2.09. The first kappa shape index (κ1) is 8.22. The van der Waals surface area contributed by atoms with E-state index in [2.05, 4.69) is 10.1 Å². The summed E-state index contributed by atoms with van der Waals surface area (Å²) in [7, 11) is 0. The maximum Gasteiger partial charge on any atom is 0.258 e. The van der Waals surface area contributed by atoms with E-state index >= 15 is 0 Å². The van der Waals surface area contributed by atoms with Gasteiger partial charge in [0.2, 0.25) is 0 Å². The fourth-order valence-electron chi connectivity index (χ4n) is 1.45. The molecule has 0 fully saturated rings. The molecule has 0 saturated heterocycles. The molecule has 0 bridgehead atoms. The lowest BCUT2D eigenvalue weighted by Crippen LogP contribution is -1.71. The Labute approximate surface area is 92.4 Å². The van der Waals surface area contributed by atoms with E-state index in [1.165, 1.54) is 0 Å². The molecule has 70 valence electrons. The molecular weight excluding hydrogens is 295 g/mol. The van der Waals surface area contributed by atoms with E-state index in [9.17, 15) is 0 Å². The molecule has 2 aromatic heterocycles. The van der Waals surface area contributed by atoms with Crippen LogP contribution in [0.3, 0.4) is 0 Å². The third-order valence-electron chi connectivity index (χ3n) is 2.13. The van der Waals surface area contributed by atoms with Gasteiger partial charge in [0.1, 0.15) is 5.52 Å². The zero-order valence-corrected chi connectivity index (χ0v) is 9.40. The molecule has 0 aliphatic heterocycles.